The van der Waals surface area contributed by atoms with Crippen LogP contribution in [-0.2, 0) is 36.0 Å². The van der Waals surface area contributed by atoms with Gasteiger partial charge in [-0.25, -0.2) is 4.79 Å². The van der Waals surface area contributed by atoms with Crippen molar-refractivity contribution >= 4 is 28.2 Å². The van der Waals surface area contributed by atoms with E-state index in [1.807, 2.05) is 36.8 Å². The number of thiophene rings is 1. The Balaban J connectivity index is 1.72. The molecular weight excluding hydrogens is 388 g/mol. The van der Waals surface area contributed by atoms with Crippen molar-refractivity contribution in [3.63, 3.8) is 0 Å². The van der Waals surface area contributed by atoms with Gasteiger partial charge in [-0.1, -0.05) is 6.42 Å². The molecule has 7 nitrogen and oxygen atoms in total. The summed E-state index contributed by atoms with van der Waals surface area (Å²) >= 11 is 1.53. The fourth-order valence-electron chi connectivity index (χ4n) is 3.71. The average Bonchev–Trinajstić information content (AvgIpc) is 3.05. The second-order valence-corrected chi connectivity index (χ2v) is 8.69. The second-order valence-electron chi connectivity index (χ2n) is 7.59. The number of ether oxygens (including phenoxy) is 1. The standard InChI is InChI=1S/C21H30N4O3S/c1-5-28-21(27)19-16-9-7-6-8-10-17(16)29-20(19)23-18(26)13-24(3)12-15-11-22-25(4)14(15)2/h11H,5-10,12-13H2,1-4H3,(H,23,26). The molecule has 0 aromatic carbocycles. The Bertz CT molecular complexity index is 887. The van der Waals surface area contributed by atoms with Gasteiger partial charge in [0.05, 0.1) is 24.9 Å². The van der Waals surface area contributed by atoms with Crippen molar-refractivity contribution in [1.29, 1.82) is 0 Å². The van der Waals surface area contributed by atoms with Gasteiger partial charge in [0.1, 0.15) is 5.00 Å². The van der Waals surface area contributed by atoms with Gasteiger partial charge in [0, 0.05) is 29.7 Å². The first kappa shape index (κ1) is 21.5. The SMILES string of the molecule is CCOC(=O)c1c(NC(=O)CN(C)Cc2cnn(C)c2C)sc2c1CCCCC2. The number of anilines is 1. The molecule has 0 saturated heterocycles. The number of hydrogen-bond donors (Lipinski definition) is 1. The number of aryl methyl sites for hydroxylation is 2. The van der Waals surface area contributed by atoms with E-state index < -0.39 is 0 Å². The molecule has 1 N–H and O–H groups in total. The molecule has 0 atom stereocenters. The molecule has 0 spiro atoms. The van der Waals surface area contributed by atoms with Crippen LogP contribution in [0.4, 0.5) is 5.00 Å². The normalized spacial score (nSPS) is 13.8. The Morgan fingerprint density at radius 2 is 2.07 bits per heavy atom. The van der Waals surface area contributed by atoms with Crippen molar-refractivity contribution in [1.82, 2.24) is 14.7 Å². The zero-order chi connectivity index (χ0) is 21.0. The molecule has 1 amide bonds. The van der Waals surface area contributed by atoms with E-state index in [2.05, 4.69) is 10.4 Å². The fraction of sp³-hybridized carbons (Fsp3) is 0.571. The third-order valence-electron chi connectivity index (χ3n) is 5.34. The Morgan fingerprint density at radius 1 is 1.31 bits per heavy atom. The second kappa shape index (κ2) is 9.54. The predicted octanol–water partition coefficient (Wildman–Crippen LogP) is 3.31. The number of nitrogens with zero attached hydrogens (tertiary/aromatic N) is 3. The van der Waals surface area contributed by atoms with E-state index in [9.17, 15) is 9.59 Å². The summed E-state index contributed by atoms with van der Waals surface area (Å²) in [6.07, 6.45) is 7.02. The lowest BCUT2D eigenvalue weighted by molar-refractivity contribution is -0.117. The first-order chi connectivity index (χ1) is 13.9. The minimum absolute atomic E-state index is 0.129. The number of aromatic nitrogens is 2. The number of hydrogen-bond acceptors (Lipinski definition) is 6. The van der Waals surface area contributed by atoms with Crippen LogP contribution in [0.25, 0.3) is 0 Å². The van der Waals surface area contributed by atoms with Crippen molar-refractivity contribution in [2.24, 2.45) is 7.05 Å². The number of fused-ring (bicyclic) bond motifs is 1. The van der Waals surface area contributed by atoms with E-state index in [-0.39, 0.29) is 18.4 Å². The molecule has 0 aliphatic heterocycles. The Morgan fingerprint density at radius 3 is 2.76 bits per heavy atom. The Hall–Kier alpha value is -2.19. The van der Waals surface area contributed by atoms with Gasteiger partial charge in [0.15, 0.2) is 0 Å². The molecule has 1 aliphatic carbocycles. The largest absolute Gasteiger partial charge is 0.462 e. The lowest BCUT2D eigenvalue weighted by atomic mass is 10.1. The lowest BCUT2D eigenvalue weighted by Crippen LogP contribution is -2.30. The van der Waals surface area contributed by atoms with Gasteiger partial charge in [-0.3, -0.25) is 14.4 Å². The number of rotatable bonds is 7. The van der Waals surface area contributed by atoms with Crippen molar-refractivity contribution in [3.05, 3.63) is 33.5 Å². The summed E-state index contributed by atoms with van der Waals surface area (Å²) in [7, 11) is 3.81. The highest BCUT2D eigenvalue weighted by atomic mass is 32.1. The zero-order valence-corrected chi connectivity index (χ0v) is 18.5. The van der Waals surface area contributed by atoms with Gasteiger partial charge < -0.3 is 10.1 Å². The Labute approximate surface area is 176 Å². The van der Waals surface area contributed by atoms with Crippen LogP contribution in [0.1, 0.15) is 58.2 Å². The molecule has 2 heterocycles. The highest BCUT2D eigenvalue weighted by Gasteiger charge is 2.26. The summed E-state index contributed by atoms with van der Waals surface area (Å²) in [5.74, 6) is -0.461. The molecular formula is C21H30N4O3S. The molecule has 1 aliphatic rings. The summed E-state index contributed by atoms with van der Waals surface area (Å²) in [4.78, 5) is 28.5. The topological polar surface area (TPSA) is 76.5 Å². The molecule has 29 heavy (non-hydrogen) atoms. The average molecular weight is 419 g/mol. The van der Waals surface area contributed by atoms with Gasteiger partial charge in [-0.05, 0) is 52.1 Å². The molecule has 158 valence electrons. The van der Waals surface area contributed by atoms with Crippen LogP contribution in [0.5, 0.6) is 0 Å². The molecule has 0 bridgehead atoms. The highest BCUT2D eigenvalue weighted by Crippen LogP contribution is 2.38. The minimum atomic E-state index is -0.332. The molecule has 2 aromatic rings. The van der Waals surface area contributed by atoms with E-state index in [1.165, 1.54) is 22.6 Å². The molecule has 0 unspecified atom stereocenters. The van der Waals surface area contributed by atoms with Crippen LogP contribution in [0, 0.1) is 6.92 Å². The molecule has 0 saturated carbocycles. The summed E-state index contributed by atoms with van der Waals surface area (Å²) < 4.78 is 7.11. The van der Waals surface area contributed by atoms with Crippen molar-refractivity contribution in [2.45, 2.75) is 52.5 Å². The van der Waals surface area contributed by atoms with Gasteiger partial charge in [0.2, 0.25) is 5.91 Å². The lowest BCUT2D eigenvalue weighted by Gasteiger charge is -2.16. The zero-order valence-electron chi connectivity index (χ0n) is 17.7. The van der Waals surface area contributed by atoms with Crippen LogP contribution in [-0.4, -0.2) is 46.8 Å². The van der Waals surface area contributed by atoms with E-state index in [4.69, 9.17) is 4.74 Å². The van der Waals surface area contributed by atoms with Crippen LogP contribution in [0.15, 0.2) is 6.20 Å². The minimum Gasteiger partial charge on any atom is -0.462 e. The van der Waals surface area contributed by atoms with Crippen molar-refractivity contribution < 1.29 is 14.3 Å². The molecule has 0 fully saturated rings. The van der Waals surface area contributed by atoms with Gasteiger partial charge >= 0.3 is 5.97 Å². The predicted molar refractivity (Wildman–Crippen MR) is 114 cm³/mol. The first-order valence-electron chi connectivity index (χ1n) is 10.2. The van der Waals surface area contributed by atoms with E-state index >= 15 is 0 Å². The van der Waals surface area contributed by atoms with Gasteiger partial charge in [0.25, 0.3) is 0 Å². The quantitative estimate of drug-likeness (QED) is 0.551. The van der Waals surface area contributed by atoms with Crippen LogP contribution < -0.4 is 5.32 Å². The maximum absolute atomic E-state index is 12.7. The number of carbonyl (C=O) groups excluding carboxylic acids is 2. The molecule has 0 radical (unpaired) electrons. The summed E-state index contributed by atoms with van der Waals surface area (Å²) in [5, 5.41) is 7.86. The monoisotopic (exact) mass is 418 g/mol. The number of amides is 1. The number of carbonyl (C=O) groups is 2. The van der Waals surface area contributed by atoms with Crippen LogP contribution in [0.2, 0.25) is 0 Å². The fourth-order valence-corrected chi connectivity index (χ4v) is 5.00. The summed E-state index contributed by atoms with van der Waals surface area (Å²) in [6.45, 7) is 5.01. The van der Waals surface area contributed by atoms with E-state index in [1.54, 1.807) is 6.92 Å². The van der Waals surface area contributed by atoms with Crippen LogP contribution in [0.3, 0.4) is 0 Å². The van der Waals surface area contributed by atoms with E-state index in [0.717, 1.165) is 42.5 Å². The smallest absolute Gasteiger partial charge is 0.341 e. The van der Waals surface area contributed by atoms with Crippen molar-refractivity contribution in [2.75, 3.05) is 25.5 Å². The van der Waals surface area contributed by atoms with Crippen LogP contribution >= 0.6 is 11.3 Å². The van der Waals surface area contributed by atoms with Gasteiger partial charge in [-0.2, -0.15) is 5.10 Å². The molecule has 2 aromatic heterocycles. The molecule has 8 heteroatoms. The third kappa shape index (κ3) is 5.05. The van der Waals surface area contributed by atoms with Gasteiger partial charge in [-0.15, -0.1) is 11.3 Å². The maximum Gasteiger partial charge on any atom is 0.341 e. The Kier molecular flexibility index (Phi) is 7.08. The van der Waals surface area contributed by atoms with E-state index in [0.29, 0.717) is 23.7 Å². The molecule has 3 rings (SSSR count). The maximum atomic E-state index is 12.7. The highest BCUT2D eigenvalue weighted by molar-refractivity contribution is 7.17. The summed E-state index contributed by atoms with van der Waals surface area (Å²) in [6, 6.07) is 0. The third-order valence-corrected chi connectivity index (χ3v) is 6.55. The number of nitrogens with one attached hydrogen (secondary N) is 1. The number of esters is 1. The first-order valence-corrected chi connectivity index (χ1v) is 11.0. The van der Waals surface area contributed by atoms with Crippen molar-refractivity contribution in [3.8, 4) is 0 Å². The summed E-state index contributed by atoms with van der Waals surface area (Å²) in [5.41, 5.74) is 3.81. The number of likely N-dealkylation sites (N-methyl/N-ethyl adjacent to an activating group) is 1.